The first kappa shape index (κ1) is 11.6. The Hall–Kier alpha value is -0.870. The van der Waals surface area contributed by atoms with E-state index < -0.39 is 0 Å². The van der Waals surface area contributed by atoms with Gasteiger partial charge in [0.25, 0.3) is 0 Å². The van der Waals surface area contributed by atoms with Gasteiger partial charge in [-0.05, 0) is 32.0 Å². The van der Waals surface area contributed by atoms with Crippen molar-refractivity contribution < 1.29 is 0 Å². The highest BCUT2D eigenvalue weighted by atomic mass is 15.3. The zero-order valence-electron chi connectivity index (χ0n) is 10.3. The SMILES string of the molecule is CCN(Cc1ccn(C)n1)CC1CCCN1. The quantitative estimate of drug-likeness (QED) is 0.806. The first-order chi connectivity index (χ1) is 7.78. The molecule has 1 aliphatic heterocycles. The second kappa shape index (κ2) is 5.46. The molecule has 1 saturated heterocycles. The summed E-state index contributed by atoms with van der Waals surface area (Å²) in [6, 6.07) is 2.79. The van der Waals surface area contributed by atoms with Crippen LogP contribution in [0.15, 0.2) is 12.3 Å². The van der Waals surface area contributed by atoms with Crippen molar-refractivity contribution >= 4 is 0 Å². The predicted octanol–water partition coefficient (Wildman–Crippen LogP) is 0.994. The Balaban J connectivity index is 1.84. The van der Waals surface area contributed by atoms with Crippen LogP contribution in [0.4, 0.5) is 0 Å². The number of aryl methyl sites for hydroxylation is 1. The summed E-state index contributed by atoms with van der Waals surface area (Å²) in [5, 5.41) is 7.97. The second-order valence-electron chi connectivity index (χ2n) is 4.60. The fraction of sp³-hybridized carbons (Fsp3) is 0.750. The van der Waals surface area contributed by atoms with Crippen molar-refractivity contribution in [3.8, 4) is 0 Å². The van der Waals surface area contributed by atoms with Crippen molar-refractivity contribution in [2.75, 3.05) is 19.6 Å². The van der Waals surface area contributed by atoms with Gasteiger partial charge in [-0.25, -0.2) is 0 Å². The van der Waals surface area contributed by atoms with Gasteiger partial charge >= 0.3 is 0 Å². The fourth-order valence-electron chi connectivity index (χ4n) is 2.31. The summed E-state index contributed by atoms with van der Waals surface area (Å²) in [5.41, 5.74) is 1.17. The molecule has 90 valence electrons. The number of nitrogens with one attached hydrogen (secondary N) is 1. The van der Waals surface area contributed by atoms with Crippen LogP contribution in [0.25, 0.3) is 0 Å². The van der Waals surface area contributed by atoms with Gasteiger partial charge in [0.15, 0.2) is 0 Å². The molecule has 1 N–H and O–H groups in total. The van der Waals surface area contributed by atoms with E-state index in [1.54, 1.807) is 0 Å². The molecule has 1 unspecified atom stereocenters. The average molecular weight is 222 g/mol. The summed E-state index contributed by atoms with van der Waals surface area (Å²) in [7, 11) is 1.97. The van der Waals surface area contributed by atoms with Crippen LogP contribution in [0.5, 0.6) is 0 Å². The molecule has 1 fully saturated rings. The van der Waals surface area contributed by atoms with Crippen LogP contribution in [0.3, 0.4) is 0 Å². The van der Waals surface area contributed by atoms with Gasteiger partial charge in [0, 0.05) is 32.4 Å². The number of hydrogen-bond acceptors (Lipinski definition) is 3. The summed E-state index contributed by atoms with van der Waals surface area (Å²) in [6.45, 7) is 6.61. The minimum Gasteiger partial charge on any atom is -0.313 e. The van der Waals surface area contributed by atoms with E-state index in [1.165, 1.54) is 25.1 Å². The molecule has 0 bridgehead atoms. The molecule has 2 heterocycles. The molecule has 0 spiro atoms. The van der Waals surface area contributed by atoms with Crippen molar-refractivity contribution in [1.29, 1.82) is 0 Å². The maximum atomic E-state index is 4.43. The van der Waals surface area contributed by atoms with Gasteiger partial charge in [0.1, 0.15) is 0 Å². The first-order valence-electron chi connectivity index (χ1n) is 6.22. The van der Waals surface area contributed by atoms with Gasteiger partial charge in [-0.1, -0.05) is 6.92 Å². The number of rotatable bonds is 5. The summed E-state index contributed by atoms with van der Waals surface area (Å²) in [6.07, 6.45) is 4.65. The minimum absolute atomic E-state index is 0.684. The van der Waals surface area contributed by atoms with Crippen molar-refractivity contribution in [1.82, 2.24) is 20.0 Å². The lowest BCUT2D eigenvalue weighted by Crippen LogP contribution is -2.37. The van der Waals surface area contributed by atoms with E-state index in [4.69, 9.17) is 0 Å². The standard InChI is InChI=1S/C12H22N4/c1-3-16(9-11-5-4-7-13-11)10-12-6-8-15(2)14-12/h6,8,11,13H,3-5,7,9-10H2,1-2H3. The fourth-order valence-corrected chi connectivity index (χ4v) is 2.31. The topological polar surface area (TPSA) is 33.1 Å². The summed E-state index contributed by atoms with van der Waals surface area (Å²) in [4.78, 5) is 2.46. The van der Waals surface area contributed by atoms with Crippen LogP contribution < -0.4 is 5.32 Å². The maximum Gasteiger partial charge on any atom is 0.0764 e. The van der Waals surface area contributed by atoms with E-state index in [2.05, 4.69) is 28.3 Å². The lowest BCUT2D eigenvalue weighted by atomic mass is 10.2. The Kier molecular flexibility index (Phi) is 3.96. The van der Waals surface area contributed by atoms with E-state index in [1.807, 2.05) is 17.9 Å². The predicted molar refractivity (Wildman–Crippen MR) is 65.2 cm³/mol. The van der Waals surface area contributed by atoms with Gasteiger partial charge in [-0.3, -0.25) is 9.58 Å². The van der Waals surface area contributed by atoms with Gasteiger partial charge in [0.2, 0.25) is 0 Å². The second-order valence-corrected chi connectivity index (χ2v) is 4.60. The Morgan fingerprint density at radius 2 is 2.50 bits per heavy atom. The lowest BCUT2D eigenvalue weighted by Gasteiger charge is -2.23. The molecular formula is C12H22N4. The highest BCUT2D eigenvalue weighted by Gasteiger charge is 2.17. The van der Waals surface area contributed by atoms with Crippen molar-refractivity contribution in [2.24, 2.45) is 7.05 Å². The number of likely N-dealkylation sites (N-methyl/N-ethyl adjacent to an activating group) is 1. The molecule has 0 aliphatic carbocycles. The van der Waals surface area contributed by atoms with Crippen LogP contribution in [0, 0.1) is 0 Å². The van der Waals surface area contributed by atoms with Crippen molar-refractivity contribution in [3.63, 3.8) is 0 Å². The van der Waals surface area contributed by atoms with E-state index in [-0.39, 0.29) is 0 Å². The minimum atomic E-state index is 0.684. The van der Waals surface area contributed by atoms with E-state index in [0.717, 1.165) is 19.6 Å². The molecule has 1 atom stereocenters. The molecular weight excluding hydrogens is 200 g/mol. The summed E-state index contributed by atoms with van der Waals surface area (Å²) < 4.78 is 1.87. The van der Waals surface area contributed by atoms with E-state index >= 15 is 0 Å². The molecule has 2 rings (SSSR count). The first-order valence-corrected chi connectivity index (χ1v) is 6.22. The largest absolute Gasteiger partial charge is 0.313 e. The molecule has 4 nitrogen and oxygen atoms in total. The van der Waals surface area contributed by atoms with Gasteiger partial charge < -0.3 is 5.32 Å². The summed E-state index contributed by atoms with van der Waals surface area (Å²) in [5.74, 6) is 0. The van der Waals surface area contributed by atoms with Crippen LogP contribution in [-0.4, -0.2) is 40.4 Å². The third kappa shape index (κ3) is 3.06. The van der Waals surface area contributed by atoms with Gasteiger partial charge in [-0.15, -0.1) is 0 Å². The molecule has 1 aliphatic rings. The normalized spacial score (nSPS) is 20.8. The zero-order chi connectivity index (χ0) is 11.4. The monoisotopic (exact) mass is 222 g/mol. The number of aromatic nitrogens is 2. The van der Waals surface area contributed by atoms with E-state index in [0.29, 0.717) is 6.04 Å². The third-order valence-electron chi connectivity index (χ3n) is 3.24. The molecule has 1 aromatic heterocycles. The van der Waals surface area contributed by atoms with E-state index in [9.17, 15) is 0 Å². The molecule has 0 radical (unpaired) electrons. The summed E-state index contributed by atoms with van der Waals surface area (Å²) >= 11 is 0. The Morgan fingerprint density at radius 1 is 1.62 bits per heavy atom. The molecule has 0 amide bonds. The zero-order valence-corrected chi connectivity index (χ0v) is 10.3. The molecule has 0 aromatic carbocycles. The van der Waals surface area contributed by atoms with Crippen LogP contribution in [-0.2, 0) is 13.6 Å². The van der Waals surface area contributed by atoms with Gasteiger partial charge in [-0.2, -0.15) is 5.10 Å². The highest BCUT2D eigenvalue weighted by Crippen LogP contribution is 2.09. The Bertz CT molecular complexity index is 315. The van der Waals surface area contributed by atoms with Crippen molar-refractivity contribution in [2.45, 2.75) is 32.4 Å². The number of nitrogens with zero attached hydrogens (tertiary/aromatic N) is 3. The highest BCUT2D eigenvalue weighted by molar-refractivity contribution is 4.98. The molecule has 1 aromatic rings. The van der Waals surface area contributed by atoms with Crippen LogP contribution in [0.2, 0.25) is 0 Å². The molecule has 16 heavy (non-hydrogen) atoms. The van der Waals surface area contributed by atoms with Crippen LogP contribution in [0.1, 0.15) is 25.5 Å². The molecule has 0 saturated carbocycles. The van der Waals surface area contributed by atoms with Gasteiger partial charge in [0.05, 0.1) is 5.69 Å². The molecule has 4 heteroatoms. The third-order valence-corrected chi connectivity index (χ3v) is 3.24. The smallest absolute Gasteiger partial charge is 0.0764 e. The average Bonchev–Trinajstić information content (AvgIpc) is 2.89. The maximum absolute atomic E-state index is 4.43. The Morgan fingerprint density at radius 3 is 3.06 bits per heavy atom. The number of hydrogen-bond donors (Lipinski definition) is 1. The Labute approximate surface area is 97.6 Å². The van der Waals surface area contributed by atoms with Crippen molar-refractivity contribution in [3.05, 3.63) is 18.0 Å². The lowest BCUT2D eigenvalue weighted by molar-refractivity contribution is 0.250. The van der Waals surface area contributed by atoms with Crippen LogP contribution >= 0.6 is 0 Å².